The van der Waals surface area contributed by atoms with Crippen LogP contribution in [0.15, 0.2) is 46.3 Å². The second-order valence-electron chi connectivity index (χ2n) is 6.15. The summed E-state index contributed by atoms with van der Waals surface area (Å²) in [5.41, 5.74) is 1.84. The number of hydrogen-bond donors (Lipinski definition) is 0. The minimum atomic E-state index is -3.80. The van der Waals surface area contributed by atoms with Gasteiger partial charge in [-0.1, -0.05) is 17.4 Å². The quantitative estimate of drug-likeness (QED) is 0.633. The van der Waals surface area contributed by atoms with E-state index in [0.717, 1.165) is 15.8 Å². The molecule has 0 radical (unpaired) electrons. The highest BCUT2D eigenvalue weighted by molar-refractivity contribution is 7.92. The molecule has 1 aromatic heterocycles. The SMILES string of the molecule is COc1ccc(S(=O)(=O)CC(=O)N=c2sc3c(C)ccc(OC)c3n2C)cc1. The van der Waals surface area contributed by atoms with Crippen LogP contribution >= 0.6 is 11.3 Å². The number of aromatic nitrogens is 1. The molecular weight excluding hydrogens is 400 g/mol. The van der Waals surface area contributed by atoms with Crippen LogP contribution in [0, 0.1) is 6.92 Å². The van der Waals surface area contributed by atoms with Gasteiger partial charge in [0.2, 0.25) is 0 Å². The molecule has 1 amide bonds. The van der Waals surface area contributed by atoms with Crippen LogP contribution in [0.3, 0.4) is 0 Å². The third-order valence-corrected chi connectivity index (χ3v) is 7.16. The molecule has 28 heavy (non-hydrogen) atoms. The van der Waals surface area contributed by atoms with E-state index in [9.17, 15) is 13.2 Å². The van der Waals surface area contributed by atoms with E-state index in [2.05, 4.69) is 4.99 Å². The summed E-state index contributed by atoms with van der Waals surface area (Å²) in [5.74, 6) is -0.228. The molecule has 1 heterocycles. The number of sulfone groups is 1. The molecule has 3 aromatic rings. The molecule has 7 nitrogen and oxygen atoms in total. The number of carbonyl (C=O) groups is 1. The Kier molecular flexibility index (Phi) is 5.57. The van der Waals surface area contributed by atoms with Gasteiger partial charge in [0, 0.05) is 7.05 Å². The molecular formula is C19H20N2O5S2. The van der Waals surface area contributed by atoms with E-state index in [4.69, 9.17) is 9.47 Å². The van der Waals surface area contributed by atoms with Crippen molar-refractivity contribution in [2.24, 2.45) is 12.0 Å². The van der Waals surface area contributed by atoms with Gasteiger partial charge in [0.05, 0.1) is 23.8 Å². The van der Waals surface area contributed by atoms with Gasteiger partial charge < -0.3 is 14.0 Å². The van der Waals surface area contributed by atoms with Gasteiger partial charge in [-0.25, -0.2) is 8.42 Å². The maximum atomic E-state index is 12.5. The number of methoxy groups -OCH3 is 2. The van der Waals surface area contributed by atoms with Crippen molar-refractivity contribution < 1.29 is 22.7 Å². The van der Waals surface area contributed by atoms with E-state index in [1.165, 1.54) is 42.7 Å². The molecule has 0 bridgehead atoms. The fourth-order valence-corrected chi connectivity index (χ4v) is 5.01. The van der Waals surface area contributed by atoms with E-state index < -0.39 is 21.5 Å². The predicted octanol–water partition coefficient (Wildman–Crippen LogP) is 2.47. The van der Waals surface area contributed by atoms with Crippen molar-refractivity contribution in [2.75, 3.05) is 20.0 Å². The highest BCUT2D eigenvalue weighted by Gasteiger charge is 2.20. The lowest BCUT2D eigenvalue weighted by Gasteiger charge is -2.05. The molecule has 9 heteroatoms. The van der Waals surface area contributed by atoms with Gasteiger partial charge in [-0.3, -0.25) is 4.79 Å². The van der Waals surface area contributed by atoms with Crippen molar-refractivity contribution in [3.8, 4) is 11.5 Å². The fraction of sp³-hybridized carbons (Fsp3) is 0.263. The van der Waals surface area contributed by atoms with E-state index >= 15 is 0 Å². The normalized spacial score (nSPS) is 12.4. The zero-order valence-electron chi connectivity index (χ0n) is 15.9. The predicted molar refractivity (Wildman–Crippen MR) is 108 cm³/mol. The highest BCUT2D eigenvalue weighted by atomic mass is 32.2. The Hall–Kier alpha value is -2.65. The van der Waals surface area contributed by atoms with Gasteiger partial charge in [0.1, 0.15) is 22.8 Å². The molecule has 0 aliphatic rings. The molecule has 0 saturated carbocycles. The van der Waals surface area contributed by atoms with Crippen LogP contribution in [0.2, 0.25) is 0 Å². The molecule has 0 spiro atoms. The highest BCUT2D eigenvalue weighted by Crippen LogP contribution is 2.29. The zero-order valence-corrected chi connectivity index (χ0v) is 17.6. The van der Waals surface area contributed by atoms with E-state index in [1.807, 2.05) is 19.1 Å². The Morgan fingerprint density at radius 2 is 1.79 bits per heavy atom. The van der Waals surface area contributed by atoms with E-state index in [-0.39, 0.29) is 4.90 Å². The number of carbonyl (C=O) groups excluding carboxylic acids is 1. The molecule has 148 valence electrons. The smallest absolute Gasteiger partial charge is 0.263 e. The number of fused-ring (bicyclic) bond motifs is 1. The number of ether oxygens (including phenoxy) is 2. The molecule has 2 aromatic carbocycles. The minimum Gasteiger partial charge on any atom is -0.497 e. The molecule has 0 fully saturated rings. The lowest BCUT2D eigenvalue weighted by Crippen LogP contribution is -2.19. The summed E-state index contributed by atoms with van der Waals surface area (Å²) >= 11 is 1.32. The van der Waals surface area contributed by atoms with E-state index in [1.54, 1.807) is 18.7 Å². The zero-order chi connectivity index (χ0) is 20.5. The standard InChI is InChI=1S/C19H20N2O5S2/c1-12-5-10-15(26-4)17-18(12)27-19(21(17)2)20-16(22)11-28(23,24)14-8-6-13(25-3)7-9-14/h5-10H,11H2,1-4H3. The third-order valence-electron chi connectivity index (χ3n) is 4.28. The molecule has 0 saturated heterocycles. The molecule has 0 aliphatic heterocycles. The minimum absolute atomic E-state index is 0.0510. The van der Waals surface area contributed by atoms with Crippen LogP contribution < -0.4 is 14.3 Å². The first-order valence-corrected chi connectivity index (χ1v) is 10.8. The average molecular weight is 421 g/mol. The maximum absolute atomic E-state index is 12.5. The van der Waals surface area contributed by atoms with Gasteiger partial charge in [-0.15, -0.1) is 0 Å². The summed E-state index contributed by atoms with van der Waals surface area (Å²) in [6.45, 7) is 1.96. The fourth-order valence-electron chi connectivity index (χ4n) is 2.79. The Morgan fingerprint density at radius 1 is 1.11 bits per heavy atom. The van der Waals surface area contributed by atoms with Crippen LogP contribution in [-0.4, -0.2) is 38.9 Å². The van der Waals surface area contributed by atoms with Crippen LogP contribution in [-0.2, 0) is 21.7 Å². The van der Waals surface area contributed by atoms with Crippen LogP contribution in [0.1, 0.15) is 5.56 Å². The molecule has 0 unspecified atom stereocenters. The van der Waals surface area contributed by atoms with Crippen molar-refractivity contribution in [1.82, 2.24) is 4.57 Å². The number of hydrogen-bond acceptors (Lipinski definition) is 6. The monoisotopic (exact) mass is 420 g/mol. The summed E-state index contributed by atoms with van der Waals surface area (Å²) in [7, 11) is 1.04. The molecule has 3 rings (SSSR count). The van der Waals surface area contributed by atoms with Gasteiger partial charge in [0.25, 0.3) is 5.91 Å². The summed E-state index contributed by atoms with van der Waals surface area (Å²) in [5, 5.41) is 0. The Morgan fingerprint density at radius 3 is 2.39 bits per heavy atom. The maximum Gasteiger partial charge on any atom is 0.263 e. The first kappa shape index (κ1) is 20.1. The van der Waals surface area contributed by atoms with Crippen molar-refractivity contribution in [2.45, 2.75) is 11.8 Å². The van der Waals surface area contributed by atoms with Gasteiger partial charge in [-0.2, -0.15) is 4.99 Å². The molecule has 0 N–H and O–H groups in total. The third kappa shape index (κ3) is 3.81. The second kappa shape index (κ2) is 7.76. The first-order valence-electron chi connectivity index (χ1n) is 8.34. The van der Waals surface area contributed by atoms with Gasteiger partial charge in [-0.05, 0) is 42.8 Å². The van der Waals surface area contributed by atoms with Crippen LogP contribution in [0.5, 0.6) is 11.5 Å². The Bertz CT molecular complexity index is 1210. The summed E-state index contributed by atoms with van der Waals surface area (Å²) < 4.78 is 38.1. The number of thiazole rings is 1. The number of nitrogens with zero attached hydrogens (tertiary/aromatic N) is 2. The van der Waals surface area contributed by atoms with Crippen molar-refractivity contribution in [3.63, 3.8) is 0 Å². The molecule has 0 atom stereocenters. The van der Waals surface area contributed by atoms with Crippen LogP contribution in [0.25, 0.3) is 10.2 Å². The van der Waals surface area contributed by atoms with E-state index in [0.29, 0.717) is 16.3 Å². The van der Waals surface area contributed by atoms with Gasteiger partial charge >= 0.3 is 0 Å². The van der Waals surface area contributed by atoms with Crippen molar-refractivity contribution >= 4 is 37.3 Å². The Labute approximate surface area is 166 Å². The lowest BCUT2D eigenvalue weighted by atomic mass is 10.2. The van der Waals surface area contributed by atoms with Crippen molar-refractivity contribution in [1.29, 1.82) is 0 Å². The number of benzene rings is 2. The first-order chi connectivity index (χ1) is 13.3. The number of amides is 1. The summed E-state index contributed by atoms with van der Waals surface area (Å²) in [6, 6.07) is 9.68. The van der Waals surface area contributed by atoms with Gasteiger partial charge in [0.15, 0.2) is 14.6 Å². The summed E-state index contributed by atoms with van der Waals surface area (Å²) in [6.07, 6.45) is 0. The second-order valence-corrected chi connectivity index (χ2v) is 9.11. The Balaban J connectivity index is 1.96. The molecule has 0 aliphatic carbocycles. The number of rotatable bonds is 5. The summed E-state index contributed by atoms with van der Waals surface area (Å²) in [4.78, 5) is 16.9. The largest absolute Gasteiger partial charge is 0.497 e. The van der Waals surface area contributed by atoms with Crippen LogP contribution in [0.4, 0.5) is 0 Å². The number of aryl methyl sites for hydroxylation is 2. The topological polar surface area (TPSA) is 87.0 Å². The van der Waals surface area contributed by atoms with Crippen molar-refractivity contribution in [3.05, 3.63) is 46.8 Å². The lowest BCUT2D eigenvalue weighted by molar-refractivity contribution is -0.115. The average Bonchev–Trinajstić information content (AvgIpc) is 2.99.